The number of rotatable bonds is 78. The van der Waals surface area contributed by atoms with Crippen molar-refractivity contribution in [1.29, 1.82) is 0 Å². The molecule has 1 aliphatic rings. The van der Waals surface area contributed by atoms with Crippen LogP contribution in [-0.2, 0) is 99.5 Å². The number of unbranched alkanes of at least 4 members (excludes halogenated alkanes) is 36. The number of aryl methyl sites for hydroxylation is 4. The zero-order valence-corrected chi connectivity index (χ0v) is 71.3. The van der Waals surface area contributed by atoms with Crippen LogP contribution in [0.5, 0.6) is 0 Å². The normalized spacial score (nSPS) is 13.8. The first-order valence-electron chi connectivity index (χ1n) is 46.0. The van der Waals surface area contributed by atoms with Crippen molar-refractivity contribution in [3.8, 4) is 0 Å². The molecule has 0 bridgehead atoms. The lowest BCUT2D eigenvalue weighted by Crippen LogP contribution is -2.32. The predicted octanol–water partition coefficient (Wildman–Crippen LogP) is 18.5. The molecule has 5 rings (SSSR count). The topological polar surface area (TPSA) is 253 Å². The van der Waals surface area contributed by atoms with E-state index >= 15 is 0 Å². The van der Waals surface area contributed by atoms with E-state index in [1.54, 1.807) is 0 Å². The van der Waals surface area contributed by atoms with Gasteiger partial charge in [-0.2, -0.15) is 0 Å². The maximum absolute atomic E-state index is 13.2. The zero-order chi connectivity index (χ0) is 79.5. The van der Waals surface area contributed by atoms with E-state index in [1.807, 2.05) is 43.5 Å². The van der Waals surface area contributed by atoms with Crippen LogP contribution in [0.2, 0.25) is 0 Å². The minimum atomic E-state index is -0.286. The maximum Gasteiger partial charge on any atom is 0.307 e. The third kappa shape index (κ3) is 52.0. The number of carbonyl (C=O) groups is 4. The summed E-state index contributed by atoms with van der Waals surface area (Å²) in [6.45, 7) is 17.5. The zero-order valence-electron chi connectivity index (χ0n) is 71.3. The summed E-state index contributed by atoms with van der Waals surface area (Å²) in [7, 11) is 0. The fraction of sp³-hybridized carbons (Fsp3) is 0.864. The third-order valence-electron chi connectivity index (χ3n) is 21.9. The van der Waals surface area contributed by atoms with Crippen molar-refractivity contribution in [3.05, 3.63) is 47.6 Å². The molecule has 4 aromatic heterocycles. The number of aromatic nitrogens is 12. The van der Waals surface area contributed by atoms with Crippen LogP contribution in [-0.4, -0.2) is 185 Å². The molecule has 112 heavy (non-hydrogen) atoms. The van der Waals surface area contributed by atoms with E-state index in [1.165, 1.54) is 231 Å². The monoisotopic (exact) mass is 1570 g/mol. The SMILES string of the molecule is CCCCCCCCCCCCn1cc(CCOC(=O)CCN(CCCOC2CCC(OCCCN(CCC(=O)OCCc3cn(CCCCCCCCCCCC)nn3)CCC(=O)OCCc3cn(CCCCCCCCCCCC)nn3)CC2)CCC(=O)OCCc2cn(CCCCCCCCCCCC)nn2)nn1. The smallest absolute Gasteiger partial charge is 0.307 e. The first kappa shape index (κ1) is 96.9. The Labute approximate surface area is 677 Å². The van der Waals surface area contributed by atoms with Crippen molar-refractivity contribution >= 4 is 23.9 Å². The molecular weight excluding hydrogens is 1410 g/mol. The first-order chi connectivity index (χ1) is 55.1. The van der Waals surface area contributed by atoms with Crippen LogP contribution in [0.1, 0.15) is 372 Å². The quantitative estimate of drug-likeness (QED) is 0.0226. The van der Waals surface area contributed by atoms with Gasteiger partial charge in [-0.25, -0.2) is 0 Å². The Kier molecular flexibility index (Phi) is 58.3. The van der Waals surface area contributed by atoms with E-state index in [9.17, 15) is 19.2 Å². The Bertz CT molecular complexity index is 2520. The van der Waals surface area contributed by atoms with Crippen LogP contribution in [0.15, 0.2) is 24.8 Å². The number of hydrogen-bond donors (Lipinski definition) is 0. The molecule has 0 amide bonds. The number of carbonyl (C=O) groups excluding carboxylic acids is 4. The van der Waals surface area contributed by atoms with Crippen molar-refractivity contribution in [1.82, 2.24) is 69.8 Å². The first-order valence-corrected chi connectivity index (χ1v) is 46.0. The molecule has 1 aliphatic carbocycles. The molecule has 0 atom stereocenters. The molecule has 0 spiro atoms. The Hall–Kier alpha value is -5.72. The summed E-state index contributed by atoms with van der Waals surface area (Å²) in [6, 6.07) is 0. The van der Waals surface area contributed by atoms with E-state index in [0.29, 0.717) is 78.2 Å². The fourth-order valence-electron chi connectivity index (χ4n) is 14.8. The van der Waals surface area contributed by atoms with E-state index in [4.69, 9.17) is 28.4 Å². The lowest BCUT2D eigenvalue weighted by Gasteiger charge is -2.29. The van der Waals surface area contributed by atoms with Crippen molar-refractivity contribution in [2.75, 3.05) is 78.9 Å². The van der Waals surface area contributed by atoms with Crippen LogP contribution >= 0.6 is 0 Å². The third-order valence-corrected chi connectivity index (χ3v) is 21.9. The summed E-state index contributed by atoms with van der Waals surface area (Å²) < 4.78 is 43.4. The van der Waals surface area contributed by atoms with Crippen molar-refractivity contribution in [2.24, 2.45) is 0 Å². The number of nitrogens with zero attached hydrogens (tertiary/aromatic N) is 14. The second kappa shape index (κ2) is 67.5. The van der Waals surface area contributed by atoms with Crippen molar-refractivity contribution < 1.29 is 47.6 Å². The van der Waals surface area contributed by atoms with Gasteiger partial charge in [0.1, 0.15) is 0 Å². The van der Waals surface area contributed by atoms with Crippen molar-refractivity contribution in [3.63, 3.8) is 0 Å². The summed E-state index contributed by atoms with van der Waals surface area (Å²) in [5, 5.41) is 34.7. The average molecular weight is 1570 g/mol. The summed E-state index contributed by atoms with van der Waals surface area (Å²) in [5.41, 5.74) is 3.25. The molecular formula is C88H158N14O10. The highest BCUT2D eigenvalue weighted by molar-refractivity contribution is 5.71. The van der Waals surface area contributed by atoms with E-state index in [0.717, 1.165) is 113 Å². The molecule has 4 aromatic rings. The van der Waals surface area contributed by atoms with Crippen LogP contribution in [0.3, 0.4) is 0 Å². The Morgan fingerprint density at radius 2 is 0.491 bits per heavy atom. The van der Waals surface area contributed by atoms with Gasteiger partial charge >= 0.3 is 23.9 Å². The lowest BCUT2D eigenvalue weighted by atomic mass is 9.95. The highest BCUT2D eigenvalue weighted by Crippen LogP contribution is 2.25. The number of ether oxygens (including phenoxy) is 6. The lowest BCUT2D eigenvalue weighted by molar-refractivity contribution is -0.146. The summed E-state index contributed by atoms with van der Waals surface area (Å²) in [6.07, 6.45) is 67.4. The molecule has 24 nitrogen and oxygen atoms in total. The molecule has 1 fully saturated rings. The summed E-state index contributed by atoms with van der Waals surface area (Å²) in [5.74, 6) is -1.14. The molecule has 1 saturated carbocycles. The van der Waals surface area contributed by atoms with Gasteiger partial charge in [-0.1, -0.05) is 280 Å². The van der Waals surface area contributed by atoms with Gasteiger partial charge in [0.15, 0.2) is 0 Å². The van der Waals surface area contributed by atoms with E-state index in [-0.39, 0.29) is 88.2 Å². The van der Waals surface area contributed by atoms with Gasteiger partial charge in [0.05, 0.1) is 87.1 Å². The molecule has 0 aliphatic heterocycles. The molecule has 0 saturated heterocycles. The highest BCUT2D eigenvalue weighted by Gasteiger charge is 2.23. The maximum atomic E-state index is 13.2. The standard InChI is InChI=1S/C88H158N14O10/c1-5-9-13-17-21-25-29-33-37-41-61-99-75-79(89-93-99)55-71-109-85(103)51-65-97(66-52-86(104)110-72-56-80-76-100(94-90-80)62-42-38-34-30-26-22-18-14-10-6-2)59-45-69-107-83-47-49-84(50-48-83)108-70-46-60-98(67-53-87(105)111-73-57-81-77-101(95-91-81)63-43-39-35-31-27-23-19-15-11-7-3)68-54-88(106)112-74-58-82-78-102(96-92-82)64-44-40-36-32-28-24-20-16-12-8-4/h75-78,83-84H,5-74H2,1-4H3. The van der Waals surface area contributed by atoms with E-state index in [2.05, 4.69) is 78.7 Å². The van der Waals surface area contributed by atoms with E-state index < -0.39 is 0 Å². The summed E-state index contributed by atoms with van der Waals surface area (Å²) in [4.78, 5) is 56.9. The van der Waals surface area contributed by atoms with Crippen LogP contribution in [0.4, 0.5) is 0 Å². The van der Waals surface area contributed by atoms with Gasteiger partial charge in [-0.3, -0.25) is 37.9 Å². The van der Waals surface area contributed by atoms with Gasteiger partial charge in [-0.05, 0) is 64.2 Å². The molecule has 24 heteroatoms. The molecule has 0 N–H and O–H groups in total. The van der Waals surface area contributed by atoms with Crippen LogP contribution in [0.25, 0.3) is 0 Å². The molecule has 0 radical (unpaired) electrons. The van der Waals surface area contributed by atoms with Gasteiger partial charge < -0.3 is 38.2 Å². The van der Waals surface area contributed by atoms with Gasteiger partial charge in [-0.15, -0.1) is 20.4 Å². The second-order valence-corrected chi connectivity index (χ2v) is 32.0. The minimum absolute atomic E-state index is 0.122. The molecule has 0 aromatic carbocycles. The highest BCUT2D eigenvalue weighted by atomic mass is 16.5. The Morgan fingerprint density at radius 3 is 0.705 bits per heavy atom. The largest absolute Gasteiger partial charge is 0.465 e. The minimum Gasteiger partial charge on any atom is -0.465 e. The summed E-state index contributed by atoms with van der Waals surface area (Å²) >= 11 is 0. The number of esters is 4. The predicted molar refractivity (Wildman–Crippen MR) is 445 cm³/mol. The van der Waals surface area contributed by atoms with Crippen LogP contribution < -0.4 is 0 Å². The van der Waals surface area contributed by atoms with Gasteiger partial charge in [0.25, 0.3) is 0 Å². The number of hydrogen-bond acceptors (Lipinski definition) is 20. The van der Waals surface area contributed by atoms with Crippen molar-refractivity contribution in [2.45, 2.75) is 413 Å². The van der Waals surface area contributed by atoms with Gasteiger partial charge in [0.2, 0.25) is 0 Å². The Balaban J connectivity index is 1.01. The second-order valence-electron chi connectivity index (χ2n) is 32.0. The fourth-order valence-corrected chi connectivity index (χ4v) is 14.8. The molecule has 640 valence electrons. The Morgan fingerprint density at radius 1 is 0.286 bits per heavy atom. The molecule has 0 unspecified atom stereocenters. The average Bonchev–Trinajstić information content (AvgIpc) is 1.63. The molecule has 4 heterocycles. The van der Waals surface area contributed by atoms with Crippen LogP contribution in [0, 0.1) is 0 Å². The van der Waals surface area contributed by atoms with Gasteiger partial charge in [0, 0.05) is 129 Å².